The first-order valence-corrected chi connectivity index (χ1v) is 20.7. The van der Waals surface area contributed by atoms with Crippen molar-refractivity contribution in [2.45, 2.75) is 95.6 Å². The van der Waals surface area contributed by atoms with Gasteiger partial charge in [-0.25, -0.2) is 4.98 Å². The Balaban J connectivity index is 1.06. The van der Waals surface area contributed by atoms with Gasteiger partial charge in [-0.2, -0.15) is 23.7 Å². The lowest BCUT2D eigenvalue weighted by molar-refractivity contribution is -0.138. The first-order valence-electron chi connectivity index (χ1n) is 20.2. The minimum atomic E-state index is -4.80. The van der Waals surface area contributed by atoms with E-state index >= 15 is 0 Å². The zero-order valence-electron chi connectivity index (χ0n) is 35.2. The molecular weight excluding hydrogens is 826 g/mol. The van der Waals surface area contributed by atoms with Gasteiger partial charge in [0.05, 0.1) is 47.3 Å². The summed E-state index contributed by atoms with van der Waals surface area (Å²) in [5.41, 5.74) is -1.50. The van der Waals surface area contributed by atoms with E-state index in [9.17, 15) is 42.9 Å². The highest BCUT2D eigenvalue weighted by Gasteiger charge is 2.52. The van der Waals surface area contributed by atoms with Crippen LogP contribution in [0.5, 0.6) is 5.88 Å². The molecule has 0 spiro atoms. The monoisotopic (exact) mass is 874 g/mol. The first-order chi connectivity index (χ1) is 29.2. The Labute approximate surface area is 363 Å². The number of hydrogen-bond donors (Lipinski definition) is 4. The number of halogens is 3. The number of nitriles is 2. The number of nitrogens with one attached hydrogen (secondary N) is 3. The van der Waals surface area contributed by atoms with Gasteiger partial charge in [0.1, 0.15) is 18.2 Å². The normalized spacial score (nSPS) is 22.0. The molecule has 1 aromatic heterocycles. The van der Waals surface area contributed by atoms with E-state index in [0.29, 0.717) is 61.2 Å². The molecule has 3 aliphatic heterocycles. The molecule has 0 radical (unpaired) electrons. The standard InChI is InChI=1S/C43H49F3N10O5S/c1-24(2)33-16-32(56-41(62)55(40(60)42(56,5)6)31-8-7-28(19-48)34(17-31)43(44,45)46)20-49-39(33)61-12-11-53-21-26(4)54(22-25(53)3)23-37(58)51-30-14-27(18-47)13-29(15-30)50-35-9-10-36(57)52-38(35)59/h7-8,13-17,20,24-26,35,41,50,62H,9-12,21-23H2,1-6H3,(H,51,58)(H,52,57,59)/t25-,26-,35?,41+/m1/s1. The SMILES string of the molecule is CC(C)c1cc(N2[C@@H](S)N(c3ccc(C#N)c(C(F)(F)F)c3)C(=O)C2(C)C)cnc1OCCN1C[C@@H](C)N(CC(=O)Nc2cc(C#N)cc(NC3CCC(=O)NC3=O)c2)C[C@H]1C. The third kappa shape index (κ3) is 9.75. The predicted octanol–water partition coefficient (Wildman–Crippen LogP) is 5.44. The molecule has 3 fully saturated rings. The zero-order chi connectivity index (χ0) is 45.3. The number of piperazine rings is 1. The van der Waals surface area contributed by atoms with Crippen LogP contribution in [0.2, 0.25) is 0 Å². The molecule has 15 nitrogen and oxygen atoms in total. The van der Waals surface area contributed by atoms with Crippen LogP contribution in [0.25, 0.3) is 0 Å². The zero-order valence-corrected chi connectivity index (χ0v) is 36.1. The van der Waals surface area contributed by atoms with Gasteiger partial charge in [-0.15, -0.1) is 12.6 Å². The number of carbonyl (C=O) groups is 4. The molecule has 0 saturated carbocycles. The fraction of sp³-hybridized carbons (Fsp3) is 0.465. The first kappa shape index (κ1) is 45.6. The van der Waals surface area contributed by atoms with E-state index in [0.717, 1.165) is 17.7 Å². The van der Waals surface area contributed by atoms with Gasteiger partial charge in [-0.05, 0) is 82.5 Å². The van der Waals surface area contributed by atoms with Crippen LogP contribution in [-0.2, 0) is 25.4 Å². The van der Waals surface area contributed by atoms with Gasteiger partial charge < -0.3 is 20.3 Å². The Morgan fingerprint density at radius 2 is 1.71 bits per heavy atom. The topological polar surface area (TPSA) is 187 Å². The van der Waals surface area contributed by atoms with Crippen molar-refractivity contribution in [2.24, 2.45) is 0 Å². The summed E-state index contributed by atoms with van der Waals surface area (Å²) in [4.78, 5) is 62.8. The van der Waals surface area contributed by atoms with Gasteiger partial charge in [-0.3, -0.25) is 39.2 Å². The van der Waals surface area contributed by atoms with Crippen LogP contribution in [0.1, 0.15) is 82.6 Å². The van der Waals surface area contributed by atoms with Crippen molar-refractivity contribution < 1.29 is 37.1 Å². The highest BCUT2D eigenvalue weighted by Crippen LogP contribution is 2.43. The average Bonchev–Trinajstić information content (AvgIpc) is 3.38. The maximum absolute atomic E-state index is 13.8. The van der Waals surface area contributed by atoms with Gasteiger partial charge >= 0.3 is 6.18 Å². The number of alkyl halides is 3. The number of nitrogens with zero attached hydrogens (tertiary/aromatic N) is 7. The van der Waals surface area contributed by atoms with Gasteiger partial charge in [0, 0.05) is 60.8 Å². The van der Waals surface area contributed by atoms with Gasteiger partial charge in [0.2, 0.25) is 23.6 Å². The molecule has 0 aliphatic carbocycles. The van der Waals surface area contributed by atoms with E-state index < -0.39 is 46.2 Å². The highest BCUT2D eigenvalue weighted by atomic mass is 32.1. The van der Waals surface area contributed by atoms with E-state index in [2.05, 4.69) is 43.7 Å². The van der Waals surface area contributed by atoms with Gasteiger partial charge in [-0.1, -0.05) is 13.8 Å². The minimum absolute atomic E-state index is 0.0142. The van der Waals surface area contributed by atoms with Crippen molar-refractivity contribution in [3.05, 3.63) is 70.9 Å². The fourth-order valence-corrected chi connectivity index (χ4v) is 8.74. The largest absolute Gasteiger partial charge is 0.476 e. The maximum atomic E-state index is 13.8. The molecule has 6 rings (SSSR count). The summed E-state index contributed by atoms with van der Waals surface area (Å²) in [5, 5.41) is 27.1. The summed E-state index contributed by atoms with van der Waals surface area (Å²) < 4.78 is 47.8. The lowest BCUT2D eigenvalue weighted by atomic mass is 10.0. The van der Waals surface area contributed by atoms with E-state index in [-0.39, 0.29) is 48.5 Å². The number of rotatable bonds is 12. The Kier molecular flexibility index (Phi) is 13.4. The second-order valence-corrected chi connectivity index (χ2v) is 17.1. The second kappa shape index (κ2) is 18.2. The molecule has 62 heavy (non-hydrogen) atoms. The summed E-state index contributed by atoms with van der Waals surface area (Å²) >= 11 is 4.72. The fourth-order valence-electron chi connectivity index (χ4n) is 8.08. The second-order valence-electron chi connectivity index (χ2n) is 16.6. The van der Waals surface area contributed by atoms with Crippen LogP contribution in [0.15, 0.2) is 48.7 Å². The third-order valence-electron chi connectivity index (χ3n) is 11.4. The molecule has 3 aromatic rings. The van der Waals surface area contributed by atoms with E-state index in [4.69, 9.17) is 17.4 Å². The van der Waals surface area contributed by atoms with Gasteiger partial charge in [0.25, 0.3) is 5.91 Å². The molecule has 4 atom stereocenters. The quantitative estimate of drug-likeness (QED) is 0.134. The molecule has 3 N–H and O–H groups in total. The van der Waals surface area contributed by atoms with Crippen molar-refractivity contribution in [1.82, 2.24) is 20.1 Å². The van der Waals surface area contributed by atoms with Crippen molar-refractivity contribution in [2.75, 3.05) is 53.2 Å². The number of ether oxygens (including phenoxy) is 1. The van der Waals surface area contributed by atoms with E-state index in [1.807, 2.05) is 26.8 Å². The van der Waals surface area contributed by atoms with Crippen LogP contribution in [0.3, 0.4) is 0 Å². The van der Waals surface area contributed by atoms with E-state index in [1.165, 1.54) is 11.0 Å². The smallest absolute Gasteiger partial charge is 0.417 e. The third-order valence-corrected chi connectivity index (χ3v) is 11.9. The number of benzene rings is 2. The summed E-state index contributed by atoms with van der Waals surface area (Å²) in [5.74, 6) is -1.16. The number of aromatic nitrogens is 1. The van der Waals surface area contributed by atoms with Crippen LogP contribution >= 0.6 is 12.6 Å². The summed E-state index contributed by atoms with van der Waals surface area (Å²) in [6.45, 7) is 13.7. The molecule has 4 heterocycles. The van der Waals surface area contributed by atoms with Crippen molar-refractivity contribution in [1.29, 1.82) is 10.5 Å². The number of pyridine rings is 1. The molecule has 3 aliphatic rings. The lowest BCUT2D eigenvalue weighted by Gasteiger charge is -2.43. The number of imide groups is 1. The Morgan fingerprint density at radius 1 is 1.02 bits per heavy atom. The molecular formula is C43H49F3N10O5S. The number of thiol groups is 1. The number of anilines is 4. The van der Waals surface area contributed by atoms with Crippen molar-refractivity contribution in [3.63, 3.8) is 0 Å². The van der Waals surface area contributed by atoms with Crippen LogP contribution < -0.4 is 30.5 Å². The minimum Gasteiger partial charge on any atom is -0.476 e. The predicted molar refractivity (Wildman–Crippen MR) is 228 cm³/mol. The molecule has 3 saturated heterocycles. The van der Waals surface area contributed by atoms with Crippen LogP contribution in [0, 0.1) is 22.7 Å². The summed E-state index contributed by atoms with van der Waals surface area (Å²) in [6, 6.07) is 12.9. The maximum Gasteiger partial charge on any atom is 0.417 e. The summed E-state index contributed by atoms with van der Waals surface area (Å²) in [7, 11) is 0. The van der Waals surface area contributed by atoms with Gasteiger partial charge in [0.15, 0.2) is 5.50 Å². The lowest BCUT2D eigenvalue weighted by Crippen LogP contribution is -2.58. The Hall–Kier alpha value is -5.89. The number of carbonyl (C=O) groups excluding carboxylic acids is 4. The molecule has 0 bridgehead atoms. The van der Waals surface area contributed by atoms with Crippen molar-refractivity contribution in [3.8, 4) is 18.0 Å². The highest BCUT2D eigenvalue weighted by molar-refractivity contribution is 7.81. The molecule has 4 amide bonds. The van der Waals surface area contributed by atoms with Crippen LogP contribution in [-0.4, -0.2) is 100 Å². The molecule has 2 aromatic carbocycles. The molecule has 1 unspecified atom stereocenters. The molecule has 328 valence electrons. The van der Waals surface area contributed by atoms with Crippen molar-refractivity contribution >= 4 is 59.0 Å². The number of piperidine rings is 1. The average molecular weight is 875 g/mol. The van der Waals surface area contributed by atoms with E-state index in [1.54, 1.807) is 49.2 Å². The number of amides is 4. The van der Waals surface area contributed by atoms with Crippen LogP contribution in [0.4, 0.5) is 35.9 Å². The number of hydrogen-bond acceptors (Lipinski definition) is 13. The Morgan fingerprint density at radius 3 is 2.37 bits per heavy atom. The summed E-state index contributed by atoms with van der Waals surface area (Å²) in [6.07, 6.45) is -2.74. The molecule has 19 heteroatoms. The Bertz CT molecular complexity index is 2330.